The SMILES string of the molecule is CCN(CC1CC1)c1cc(C(=O)Nc2ccc(CNCCC(=O)O)cc2)cc2ccc(OC)cc12. The number of ether oxygens (including phenoxy) is 1. The summed E-state index contributed by atoms with van der Waals surface area (Å²) in [4.78, 5) is 26.2. The van der Waals surface area contributed by atoms with Gasteiger partial charge < -0.3 is 25.4 Å². The van der Waals surface area contributed by atoms with Crippen molar-refractivity contribution in [1.82, 2.24) is 5.32 Å². The third-order valence-corrected chi connectivity index (χ3v) is 6.36. The van der Waals surface area contributed by atoms with Gasteiger partial charge in [0.05, 0.1) is 13.5 Å². The number of aliphatic carboxylic acids is 1. The van der Waals surface area contributed by atoms with E-state index in [1.165, 1.54) is 12.8 Å². The van der Waals surface area contributed by atoms with Crippen molar-refractivity contribution in [1.29, 1.82) is 0 Å². The molecule has 0 saturated heterocycles. The van der Waals surface area contributed by atoms with E-state index in [-0.39, 0.29) is 12.3 Å². The van der Waals surface area contributed by atoms with Gasteiger partial charge in [0.1, 0.15) is 5.75 Å². The normalized spacial score (nSPS) is 13.0. The Balaban J connectivity index is 1.52. The van der Waals surface area contributed by atoms with Crippen molar-refractivity contribution in [3.63, 3.8) is 0 Å². The summed E-state index contributed by atoms with van der Waals surface area (Å²) < 4.78 is 5.46. The zero-order chi connectivity index (χ0) is 24.8. The highest BCUT2D eigenvalue weighted by molar-refractivity contribution is 6.09. The van der Waals surface area contributed by atoms with Crippen LogP contribution in [0.1, 0.15) is 42.1 Å². The number of carboxylic acids is 1. The van der Waals surface area contributed by atoms with E-state index >= 15 is 0 Å². The van der Waals surface area contributed by atoms with Crippen LogP contribution in [0.25, 0.3) is 10.8 Å². The van der Waals surface area contributed by atoms with Gasteiger partial charge in [0, 0.05) is 48.5 Å². The Hall–Kier alpha value is -3.58. The number of carboxylic acid groups (broad SMARTS) is 1. The lowest BCUT2D eigenvalue weighted by molar-refractivity contribution is -0.136. The molecule has 3 aromatic rings. The van der Waals surface area contributed by atoms with Crippen LogP contribution in [0.2, 0.25) is 0 Å². The Morgan fingerprint density at radius 2 is 1.86 bits per heavy atom. The van der Waals surface area contributed by atoms with Crippen LogP contribution in [-0.4, -0.2) is 43.7 Å². The number of hydrogen-bond acceptors (Lipinski definition) is 5. The second-order valence-electron chi connectivity index (χ2n) is 9.04. The molecule has 0 aliphatic heterocycles. The minimum atomic E-state index is -0.818. The van der Waals surface area contributed by atoms with Gasteiger partial charge in [-0.2, -0.15) is 0 Å². The maximum Gasteiger partial charge on any atom is 0.304 e. The Labute approximate surface area is 206 Å². The largest absolute Gasteiger partial charge is 0.497 e. The van der Waals surface area contributed by atoms with Crippen LogP contribution in [0.15, 0.2) is 54.6 Å². The average Bonchev–Trinajstić information content (AvgIpc) is 3.69. The summed E-state index contributed by atoms with van der Waals surface area (Å²) in [5, 5.41) is 16.9. The molecule has 35 heavy (non-hydrogen) atoms. The third kappa shape index (κ3) is 6.51. The van der Waals surface area contributed by atoms with E-state index in [1.54, 1.807) is 7.11 Å². The molecule has 184 valence electrons. The minimum Gasteiger partial charge on any atom is -0.497 e. The van der Waals surface area contributed by atoms with Crippen molar-refractivity contribution in [2.45, 2.75) is 32.7 Å². The van der Waals surface area contributed by atoms with E-state index in [4.69, 9.17) is 9.84 Å². The molecular weight excluding hydrogens is 442 g/mol. The Morgan fingerprint density at radius 1 is 1.09 bits per heavy atom. The molecule has 0 spiro atoms. The number of anilines is 2. The molecule has 1 aliphatic carbocycles. The van der Waals surface area contributed by atoms with E-state index < -0.39 is 5.97 Å². The molecule has 0 bridgehead atoms. The van der Waals surface area contributed by atoms with Gasteiger partial charge in [0.25, 0.3) is 5.91 Å². The molecule has 0 heterocycles. The Kier molecular flexibility index (Phi) is 7.87. The zero-order valence-corrected chi connectivity index (χ0v) is 20.3. The van der Waals surface area contributed by atoms with Crippen LogP contribution in [0.3, 0.4) is 0 Å². The van der Waals surface area contributed by atoms with Crippen molar-refractivity contribution in [3.05, 3.63) is 65.7 Å². The first-order chi connectivity index (χ1) is 17.0. The summed E-state index contributed by atoms with van der Waals surface area (Å²) >= 11 is 0. The summed E-state index contributed by atoms with van der Waals surface area (Å²) in [5.74, 6) is 0.557. The highest BCUT2D eigenvalue weighted by atomic mass is 16.5. The minimum absolute atomic E-state index is 0.0881. The molecule has 0 unspecified atom stereocenters. The van der Waals surface area contributed by atoms with Crippen molar-refractivity contribution in [2.75, 3.05) is 37.0 Å². The first kappa shape index (κ1) is 24.5. The van der Waals surface area contributed by atoms with Crippen molar-refractivity contribution < 1.29 is 19.4 Å². The summed E-state index contributed by atoms with van der Waals surface area (Å²) in [6.07, 6.45) is 2.62. The van der Waals surface area contributed by atoms with Gasteiger partial charge in [-0.25, -0.2) is 0 Å². The fourth-order valence-electron chi connectivity index (χ4n) is 4.18. The second-order valence-corrected chi connectivity index (χ2v) is 9.04. The van der Waals surface area contributed by atoms with E-state index in [9.17, 15) is 9.59 Å². The molecule has 1 fully saturated rings. The lowest BCUT2D eigenvalue weighted by atomic mass is 10.0. The van der Waals surface area contributed by atoms with E-state index in [0.717, 1.165) is 46.8 Å². The van der Waals surface area contributed by atoms with Crippen LogP contribution in [0, 0.1) is 5.92 Å². The number of carbonyl (C=O) groups excluding carboxylic acids is 1. The van der Waals surface area contributed by atoms with Crippen LogP contribution < -0.4 is 20.3 Å². The smallest absolute Gasteiger partial charge is 0.304 e. The standard InChI is InChI=1S/C28H33N3O4/c1-3-31(18-20-4-5-20)26-15-22(14-21-8-11-24(35-2)16-25(21)26)28(34)30-23-9-6-19(7-10-23)17-29-13-12-27(32)33/h6-11,14-16,20,29H,3-5,12-13,17-18H2,1-2H3,(H,30,34)(H,32,33). The molecule has 0 aromatic heterocycles. The van der Waals surface area contributed by atoms with Gasteiger partial charge >= 0.3 is 5.97 Å². The summed E-state index contributed by atoms with van der Waals surface area (Å²) in [5.41, 5.74) is 3.41. The highest BCUT2D eigenvalue weighted by Crippen LogP contribution is 2.36. The maximum absolute atomic E-state index is 13.2. The molecule has 4 rings (SSSR count). The van der Waals surface area contributed by atoms with Gasteiger partial charge in [-0.05, 0) is 73.0 Å². The summed E-state index contributed by atoms with van der Waals surface area (Å²) in [6.45, 7) is 5.01. The average molecular weight is 476 g/mol. The molecule has 7 nitrogen and oxygen atoms in total. The summed E-state index contributed by atoms with van der Waals surface area (Å²) in [6, 6.07) is 17.5. The van der Waals surface area contributed by atoms with Crippen LogP contribution in [0.4, 0.5) is 11.4 Å². The lowest BCUT2D eigenvalue weighted by Gasteiger charge is -2.25. The lowest BCUT2D eigenvalue weighted by Crippen LogP contribution is -2.26. The zero-order valence-electron chi connectivity index (χ0n) is 20.3. The number of nitrogens with one attached hydrogen (secondary N) is 2. The number of amides is 1. The Morgan fingerprint density at radius 3 is 2.51 bits per heavy atom. The number of rotatable bonds is 12. The van der Waals surface area contributed by atoms with Crippen LogP contribution in [0.5, 0.6) is 5.75 Å². The van der Waals surface area contributed by atoms with Gasteiger partial charge in [0.15, 0.2) is 0 Å². The molecule has 3 aromatic carbocycles. The molecular formula is C28H33N3O4. The fourth-order valence-corrected chi connectivity index (χ4v) is 4.18. The maximum atomic E-state index is 13.2. The molecule has 1 amide bonds. The molecule has 1 saturated carbocycles. The number of nitrogens with zero attached hydrogens (tertiary/aromatic N) is 1. The fraction of sp³-hybridized carbons (Fsp3) is 0.357. The van der Waals surface area contributed by atoms with Crippen molar-refractivity contribution >= 4 is 34.0 Å². The third-order valence-electron chi connectivity index (χ3n) is 6.36. The predicted molar refractivity (Wildman–Crippen MR) is 139 cm³/mol. The monoisotopic (exact) mass is 475 g/mol. The van der Waals surface area contributed by atoms with E-state index in [1.807, 2.05) is 54.6 Å². The first-order valence-corrected chi connectivity index (χ1v) is 12.2. The predicted octanol–water partition coefficient (Wildman–Crippen LogP) is 4.90. The van der Waals surface area contributed by atoms with E-state index in [2.05, 4.69) is 22.5 Å². The molecule has 0 atom stereocenters. The van der Waals surface area contributed by atoms with Gasteiger partial charge in [0.2, 0.25) is 0 Å². The van der Waals surface area contributed by atoms with Crippen LogP contribution in [-0.2, 0) is 11.3 Å². The molecule has 7 heteroatoms. The number of benzene rings is 3. The Bertz CT molecular complexity index is 1190. The van der Waals surface area contributed by atoms with Gasteiger partial charge in [-0.1, -0.05) is 18.2 Å². The number of carbonyl (C=O) groups is 2. The quantitative estimate of drug-likeness (QED) is 0.323. The topological polar surface area (TPSA) is 90.9 Å². The van der Waals surface area contributed by atoms with Crippen LogP contribution >= 0.6 is 0 Å². The van der Waals surface area contributed by atoms with Gasteiger partial charge in [-0.3, -0.25) is 9.59 Å². The van der Waals surface area contributed by atoms with Crippen molar-refractivity contribution in [3.8, 4) is 5.75 Å². The molecule has 1 aliphatic rings. The second kappa shape index (κ2) is 11.2. The van der Waals surface area contributed by atoms with Crippen molar-refractivity contribution in [2.24, 2.45) is 5.92 Å². The summed E-state index contributed by atoms with van der Waals surface area (Å²) in [7, 11) is 1.67. The molecule has 3 N–H and O–H groups in total. The van der Waals surface area contributed by atoms with E-state index in [0.29, 0.717) is 24.3 Å². The number of hydrogen-bond donors (Lipinski definition) is 3. The number of methoxy groups -OCH3 is 1. The van der Waals surface area contributed by atoms with Gasteiger partial charge in [-0.15, -0.1) is 0 Å². The highest BCUT2D eigenvalue weighted by Gasteiger charge is 2.25. The molecule has 0 radical (unpaired) electrons. The number of fused-ring (bicyclic) bond motifs is 1. The first-order valence-electron chi connectivity index (χ1n) is 12.2.